The number of Topliss-reactive ketones (excluding diaryl/α,β-unsaturated/α-hetero) is 1. The molecule has 0 N–H and O–H groups in total. The molecule has 2 fully saturated rings. The van der Waals surface area contributed by atoms with Gasteiger partial charge in [-0.1, -0.05) is 0 Å². The van der Waals surface area contributed by atoms with Crippen LogP contribution >= 0.6 is 0 Å². The van der Waals surface area contributed by atoms with Crippen molar-refractivity contribution in [2.75, 3.05) is 19.8 Å². The minimum Gasteiger partial charge on any atom is -0.465 e. The molecule has 1 spiro atoms. The average Bonchev–Trinajstić information content (AvgIpc) is 2.25. The van der Waals surface area contributed by atoms with Gasteiger partial charge >= 0.3 is 0 Å². The normalized spacial score (nSPS) is 27.4. The van der Waals surface area contributed by atoms with E-state index in [9.17, 15) is 4.79 Å². The summed E-state index contributed by atoms with van der Waals surface area (Å²) >= 11 is 0. The fourth-order valence-electron chi connectivity index (χ4n) is 1.87. The van der Waals surface area contributed by atoms with E-state index in [4.69, 9.17) is 18.9 Å². The molecule has 0 bridgehead atoms. The first kappa shape index (κ1) is 10.9. The van der Waals surface area contributed by atoms with Crippen molar-refractivity contribution in [1.29, 1.82) is 0 Å². The highest BCUT2D eigenvalue weighted by Gasteiger charge is 2.51. The maximum atomic E-state index is 11.5. The Bertz CT molecular complexity index is 328. The fourth-order valence-corrected chi connectivity index (χ4v) is 1.87. The number of hydrogen-bond donors (Lipinski definition) is 0. The summed E-state index contributed by atoms with van der Waals surface area (Å²) < 4.78 is 21.0. The number of hydrogen-bond acceptors (Lipinski definition) is 5. The van der Waals surface area contributed by atoms with E-state index in [0.717, 1.165) is 0 Å². The molecule has 2 aliphatic heterocycles. The van der Waals surface area contributed by atoms with E-state index in [-0.39, 0.29) is 17.7 Å². The van der Waals surface area contributed by atoms with Gasteiger partial charge in [-0.05, 0) is 20.1 Å². The smallest absolute Gasteiger partial charge is 0.272 e. The number of ether oxygens (including phenoxy) is 4. The molecule has 2 saturated heterocycles. The molecule has 1 atom stereocenters. The van der Waals surface area contributed by atoms with Crippen LogP contribution in [0.5, 0.6) is 0 Å². The number of carbonyl (C=O) groups is 1. The van der Waals surface area contributed by atoms with Crippen molar-refractivity contribution in [1.82, 2.24) is 0 Å². The maximum Gasteiger partial charge on any atom is 0.272 e. The van der Waals surface area contributed by atoms with Crippen LogP contribution in [0.4, 0.5) is 0 Å². The van der Waals surface area contributed by atoms with Crippen molar-refractivity contribution >= 4 is 5.78 Å². The van der Waals surface area contributed by atoms with E-state index in [1.807, 2.05) is 0 Å². The predicted molar refractivity (Wildman–Crippen MR) is 54.1 cm³/mol. The van der Waals surface area contributed by atoms with Crippen LogP contribution in [0.15, 0.2) is 25.0 Å². The molecule has 2 heterocycles. The van der Waals surface area contributed by atoms with Crippen molar-refractivity contribution in [3.63, 3.8) is 0 Å². The molecule has 1 unspecified atom stereocenters. The zero-order valence-electron chi connectivity index (χ0n) is 9.15. The second-order valence-electron chi connectivity index (χ2n) is 4.08. The van der Waals surface area contributed by atoms with Crippen LogP contribution in [0.1, 0.15) is 6.92 Å². The van der Waals surface area contributed by atoms with Gasteiger partial charge in [0.25, 0.3) is 11.9 Å². The lowest BCUT2D eigenvalue weighted by atomic mass is 9.81. The van der Waals surface area contributed by atoms with E-state index >= 15 is 0 Å². The minimum absolute atomic E-state index is 0.0934. The summed E-state index contributed by atoms with van der Waals surface area (Å²) in [6.07, 6.45) is -0.637. The number of carbonyl (C=O) groups excluding carboxylic acids is 1. The number of ketones is 1. The fraction of sp³-hybridized carbons (Fsp3) is 0.545. The Morgan fingerprint density at radius 1 is 1.19 bits per heavy atom. The van der Waals surface area contributed by atoms with Crippen molar-refractivity contribution in [2.24, 2.45) is 5.41 Å². The molecule has 0 aromatic rings. The van der Waals surface area contributed by atoms with Gasteiger partial charge in [0, 0.05) is 0 Å². The monoisotopic (exact) mass is 226 g/mol. The van der Waals surface area contributed by atoms with Crippen molar-refractivity contribution < 1.29 is 23.7 Å². The Morgan fingerprint density at radius 3 is 2.19 bits per heavy atom. The minimum atomic E-state index is -0.637. The second-order valence-corrected chi connectivity index (χ2v) is 4.08. The molecule has 0 aromatic carbocycles. The van der Waals surface area contributed by atoms with Crippen molar-refractivity contribution in [3.8, 4) is 0 Å². The Labute approximate surface area is 93.6 Å². The van der Waals surface area contributed by atoms with Crippen LogP contribution in [0.3, 0.4) is 0 Å². The molecular formula is C11H14O5. The first-order valence-electron chi connectivity index (χ1n) is 4.97. The first-order valence-corrected chi connectivity index (χ1v) is 4.97. The third-order valence-corrected chi connectivity index (χ3v) is 2.74. The van der Waals surface area contributed by atoms with Gasteiger partial charge in [-0.15, -0.1) is 0 Å². The van der Waals surface area contributed by atoms with Gasteiger partial charge < -0.3 is 18.9 Å². The first-order chi connectivity index (χ1) is 7.53. The molecule has 0 saturated carbocycles. The summed E-state index contributed by atoms with van der Waals surface area (Å²) in [4.78, 5) is 11.5. The molecule has 0 aliphatic carbocycles. The summed E-state index contributed by atoms with van der Waals surface area (Å²) in [5.74, 6) is 0.330. The largest absolute Gasteiger partial charge is 0.465 e. The third kappa shape index (κ3) is 1.73. The molecule has 2 aliphatic rings. The molecule has 5 nitrogen and oxygen atoms in total. The average molecular weight is 226 g/mol. The van der Waals surface area contributed by atoms with Crippen LogP contribution in [-0.2, 0) is 23.7 Å². The van der Waals surface area contributed by atoms with Gasteiger partial charge in [-0.2, -0.15) is 0 Å². The van der Waals surface area contributed by atoms with E-state index in [0.29, 0.717) is 19.8 Å². The molecule has 88 valence electrons. The lowest BCUT2D eigenvalue weighted by Crippen LogP contribution is -2.55. The van der Waals surface area contributed by atoms with E-state index in [2.05, 4.69) is 13.2 Å². The van der Waals surface area contributed by atoms with Gasteiger partial charge in [-0.25, -0.2) is 0 Å². The van der Waals surface area contributed by atoms with Crippen LogP contribution in [0.25, 0.3) is 0 Å². The standard InChI is InChI=1S/C11H14O5/c1-7(12)10-11(6-15-9(3)16-10)4-13-8(2)14-5-11/h10H,2-6H2,1H3. The Balaban J connectivity index is 2.20. The Hall–Kier alpha value is -1.65. The van der Waals surface area contributed by atoms with Gasteiger partial charge in [0.15, 0.2) is 11.9 Å². The lowest BCUT2D eigenvalue weighted by molar-refractivity contribution is -0.217. The van der Waals surface area contributed by atoms with Gasteiger partial charge in [0.1, 0.15) is 25.2 Å². The quantitative estimate of drug-likeness (QED) is 0.666. The molecular weight excluding hydrogens is 212 g/mol. The van der Waals surface area contributed by atoms with E-state index in [1.54, 1.807) is 0 Å². The molecule has 5 heteroatoms. The van der Waals surface area contributed by atoms with Crippen LogP contribution < -0.4 is 0 Å². The summed E-state index contributed by atoms with van der Waals surface area (Å²) in [6.45, 7) is 9.44. The van der Waals surface area contributed by atoms with Crippen LogP contribution in [0, 0.1) is 5.41 Å². The topological polar surface area (TPSA) is 54.0 Å². The molecule has 0 amide bonds. The summed E-state index contributed by atoms with van der Waals surface area (Å²) in [5.41, 5.74) is -0.603. The zero-order chi connectivity index (χ0) is 11.8. The molecule has 0 aromatic heterocycles. The lowest BCUT2D eigenvalue weighted by Gasteiger charge is -2.44. The summed E-state index contributed by atoms with van der Waals surface area (Å²) in [5, 5.41) is 0. The van der Waals surface area contributed by atoms with Crippen LogP contribution in [0.2, 0.25) is 0 Å². The zero-order valence-corrected chi connectivity index (χ0v) is 9.15. The molecule has 2 rings (SSSR count). The van der Waals surface area contributed by atoms with Crippen molar-refractivity contribution in [3.05, 3.63) is 25.0 Å². The Kier molecular flexibility index (Phi) is 2.53. The van der Waals surface area contributed by atoms with Gasteiger partial charge in [0.2, 0.25) is 0 Å². The van der Waals surface area contributed by atoms with E-state index in [1.165, 1.54) is 6.92 Å². The highest BCUT2D eigenvalue weighted by molar-refractivity contribution is 5.81. The molecule has 16 heavy (non-hydrogen) atoms. The maximum absolute atomic E-state index is 11.5. The second kappa shape index (κ2) is 3.73. The van der Waals surface area contributed by atoms with Crippen LogP contribution in [-0.4, -0.2) is 31.7 Å². The Morgan fingerprint density at radius 2 is 1.69 bits per heavy atom. The summed E-state index contributed by atoms with van der Waals surface area (Å²) in [7, 11) is 0. The van der Waals surface area contributed by atoms with Gasteiger partial charge in [0.05, 0.1) is 0 Å². The van der Waals surface area contributed by atoms with Crippen molar-refractivity contribution in [2.45, 2.75) is 13.0 Å². The van der Waals surface area contributed by atoms with E-state index < -0.39 is 11.5 Å². The highest BCUT2D eigenvalue weighted by Crippen LogP contribution is 2.37. The third-order valence-electron chi connectivity index (χ3n) is 2.74. The molecule has 0 radical (unpaired) electrons. The number of rotatable bonds is 1. The van der Waals surface area contributed by atoms with Gasteiger partial charge in [-0.3, -0.25) is 4.79 Å². The highest BCUT2D eigenvalue weighted by atomic mass is 16.7. The SMILES string of the molecule is C=C1OCC2(CO1)COC(=C)OC2C(C)=O. The summed E-state index contributed by atoms with van der Waals surface area (Å²) in [6, 6.07) is 0. The predicted octanol–water partition coefficient (Wildman–Crippen LogP) is 0.966.